The van der Waals surface area contributed by atoms with Crippen LogP contribution in [0, 0.1) is 0 Å². The molecule has 0 spiro atoms. The average Bonchev–Trinajstić information content (AvgIpc) is 2.30. The van der Waals surface area contributed by atoms with Gasteiger partial charge in [-0.1, -0.05) is 6.92 Å². The lowest BCUT2D eigenvalue weighted by atomic mass is 10.3. The van der Waals surface area contributed by atoms with Gasteiger partial charge in [0.05, 0.1) is 6.54 Å². The number of hydrogen-bond donors (Lipinski definition) is 1. The number of thioether (sulfide) groups is 1. The fraction of sp³-hybridized carbons (Fsp3) is 0.909. The summed E-state index contributed by atoms with van der Waals surface area (Å²) in [5, 5.41) is 3.94. The summed E-state index contributed by atoms with van der Waals surface area (Å²) in [6, 6.07) is 0. The van der Waals surface area contributed by atoms with Crippen molar-refractivity contribution in [1.82, 2.24) is 15.1 Å². The summed E-state index contributed by atoms with van der Waals surface area (Å²) in [6.45, 7) is 8.61. The first-order valence-corrected chi connectivity index (χ1v) is 7.13. The van der Waals surface area contributed by atoms with E-state index in [2.05, 4.69) is 17.1 Å². The molecule has 4 nitrogen and oxygen atoms in total. The molecule has 0 aliphatic carbocycles. The molecule has 5 heteroatoms. The Hall–Kier alpha value is -0.260. The van der Waals surface area contributed by atoms with Crippen LogP contribution in [0.3, 0.4) is 0 Å². The van der Waals surface area contributed by atoms with E-state index in [1.807, 2.05) is 16.7 Å². The molecule has 0 aromatic heterocycles. The van der Waals surface area contributed by atoms with Gasteiger partial charge in [0.2, 0.25) is 5.91 Å². The highest BCUT2D eigenvalue weighted by Crippen LogP contribution is 2.17. The van der Waals surface area contributed by atoms with Gasteiger partial charge in [0.25, 0.3) is 0 Å². The number of piperazine rings is 1. The van der Waals surface area contributed by atoms with Gasteiger partial charge in [-0.2, -0.15) is 11.8 Å². The van der Waals surface area contributed by atoms with Crippen molar-refractivity contribution in [3.05, 3.63) is 0 Å². The van der Waals surface area contributed by atoms with Gasteiger partial charge in [-0.15, -0.1) is 0 Å². The number of hydrogen-bond acceptors (Lipinski definition) is 4. The molecule has 0 aromatic carbocycles. The largest absolute Gasteiger partial charge is 0.339 e. The van der Waals surface area contributed by atoms with Gasteiger partial charge in [-0.05, 0) is 0 Å². The maximum absolute atomic E-state index is 12.0. The molecule has 2 saturated heterocycles. The minimum Gasteiger partial charge on any atom is -0.339 e. The van der Waals surface area contributed by atoms with E-state index in [1.54, 1.807) is 0 Å². The number of carbonyl (C=O) groups is 1. The molecule has 1 atom stereocenters. The standard InChI is InChI=1S/C11H21N3OS/c1-10-8-13(6-7-16-10)9-11(15)14-4-2-12-3-5-14/h10,12H,2-9H2,1H3. The summed E-state index contributed by atoms with van der Waals surface area (Å²) in [5.74, 6) is 1.47. The Morgan fingerprint density at radius 1 is 1.38 bits per heavy atom. The van der Waals surface area contributed by atoms with Crippen LogP contribution in [0.25, 0.3) is 0 Å². The Morgan fingerprint density at radius 2 is 2.12 bits per heavy atom. The first-order chi connectivity index (χ1) is 7.75. The van der Waals surface area contributed by atoms with E-state index in [9.17, 15) is 4.79 Å². The van der Waals surface area contributed by atoms with Gasteiger partial charge in [-0.25, -0.2) is 0 Å². The SMILES string of the molecule is CC1CN(CC(=O)N2CCNCC2)CCS1. The molecule has 2 aliphatic heterocycles. The third-order valence-corrected chi connectivity index (χ3v) is 4.29. The van der Waals surface area contributed by atoms with E-state index in [0.717, 1.165) is 45.0 Å². The second kappa shape index (κ2) is 5.89. The summed E-state index contributed by atoms with van der Waals surface area (Å²) < 4.78 is 0. The minimum atomic E-state index is 0.306. The van der Waals surface area contributed by atoms with Crippen LogP contribution in [0.5, 0.6) is 0 Å². The number of nitrogens with one attached hydrogen (secondary N) is 1. The minimum absolute atomic E-state index is 0.306. The van der Waals surface area contributed by atoms with Crippen molar-refractivity contribution in [2.75, 3.05) is 51.6 Å². The van der Waals surface area contributed by atoms with Gasteiger partial charge >= 0.3 is 0 Å². The van der Waals surface area contributed by atoms with Gasteiger partial charge < -0.3 is 10.2 Å². The Labute approximate surface area is 102 Å². The molecule has 2 aliphatic rings. The van der Waals surface area contributed by atoms with Crippen molar-refractivity contribution >= 4 is 17.7 Å². The summed E-state index contributed by atoms with van der Waals surface area (Å²) in [6.07, 6.45) is 0. The first-order valence-electron chi connectivity index (χ1n) is 6.08. The Morgan fingerprint density at radius 3 is 2.81 bits per heavy atom. The van der Waals surface area contributed by atoms with Crippen molar-refractivity contribution in [3.63, 3.8) is 0 Å². The van der Waals surface area contributed by atoms with Crippen LogP contribution >= 0.6 is 11.8 Å². The normalized spacial score (nSPS) is 28.1. The second-order valence-corrected chi connectivity index (χ2v) is 6.09. The van der Waals surface area contributed by atoms with Crippen molar-refractivity contribution in [1.29, 1.82) is 0 Å². The summed E-state index contributed by atoms with van der Waals surface area (Å²) >= 11 is 2.01. The van der Waals surface area contributed by atoms with Crippen molar-refractivity contribution in [2.45, 2.75) is 12.2 Å². The zero-order valence-corrected chi connectivity index (χ0v) is 10.8. The maximum Gasteiger partial charge on any atom is 0.236 e. The van der Waals surface area contributed by atoms with Gasteiger partial charge in [0.1, 0.15) is 0 Å². The van der Waals surface area contributed by atoms with Gasteiger partial charge in [0.15, 0.2) is 0 Å². The zero-order chi connectivity index (χ0) is 11.4. The lowest BCUT2D eigenvalue weighted by Gasteiger charge is -2.33. The molecule has 2 heterocycles. The molecular formula is C11H21N3OS. The van der Waals surface area contributed by atoms with Crippen LogP contribution in [0.1, 0.15) is 6.92 Å². The summed E-state index contributed by atoms with van der Waals surface area (Å²) in [5.41, 5.74) is 0. The molecule has 2 fully saturated rings. The third-order valence-electron chi connectivity index (χ3n) is 3.15. The highest BCUT2D eigenvalue weighted by Gasteiger charge is 2.22. The number of amides is 1. The Balaban J connectivity index is 1.77. The van der Waals surface area contributed by atoms with Crippen LogP contribution < -0.4 is 5.32 Å². The lowest BCUT2D eigenvalue weighted by molar-refractivity contribution is -0.132. The van der Waals surface area contributed by atoms with Crippen LogP contribution in [-0.4, -0.2) is 72.5 Å². The van der Waals surface area contributed by atoms with Crippen molar-refractivity contribution < 1.29 is 4.79 Å². The molecule has 2 rings (SSSR count). The van der Waals surface area contributed by atoms with Crippen LogP contribution in [-0.2, 0) is 4.79 Å². The van der Waals surface area contributed by atoms with E-state index < -0.39 is 0 Å². The molecule has 0 saturated carbocycles. The number of nitrogens with zero attached hydrogens (tertiary/aromatic N) is 2. The number of carbonyl (C=O) groups excluding carboxylic acids is 1. The predicted octanol–water partition coefficient (Wildman–Crippen LogP) is -0.144. The van der Waals surface area contributed by atoms with E-state index in [4.69, 9.17) is 0 Å². The topological polar surface area (TPSA) is 35.6 Å². The molecule has 1 N–H and O–H groups in total. The second-order valence-electron chi connectivity index (χ2n) is 4.55. The van der Waals surface area contributed by atoms with Crippen LogP contribution in [0.2, 0.25) is 0 Å². The fourth-order valence-corrected chi connectivity index (χ4v) is 3.32. The van der Waals surface area contributed by atoms with Gasteiger partial charge in [0, 0.05) is 50.3 Å². The first kappa shape index (κ1) is 12.2. The Kier molecular flexibility index (Phi) is 4.49. The van der Waals surface area contributed by atoms with E-state index in [0.29, 0.717) is 17.7 Å². The van der Waals surface area contributed by atoms with Crippen LogP contribution in [0.4, 0.5) is 0 Å². The van der Waals surface area contributed by atoms with Crippen molar-refractivity contribution in [2.24, 2.45) is 0 Å². The monoisotopic (exact) mass is 243 g/mol. The molecule has 92 valence electrons. The predicted molar refractivity (Wildman–Crippen MR) is 67.8 cm³/mol. The highest BCUT2D eigenvalue weighted by atomic mass is 32.2. The lowest BCUT2D eigenvalue weighted by Crippen LogP contribution is -2.51. The summed E-state index contributed by atoms with van der Waals surface area (Å²) in [7, 11) is 0. The van der Waals surface area contributed by atoms with Crippen molar-refractivity contribution in [3.8, 4) is 0 Å². The zero-order valence-electron chi connectivity index (χ0n) is 9.95. The fourth-order valence-electron chi connectivity index (χ4n) is 2.24. The molecule has 0 radical (unpaired) electrons. The summed E-state index contributed by atoms with van der Waals surface area (Å²) in [4.78, 5) is 16.3. The molecule has 16 heavy (non-hydrogen) atoms. The molecule has 0 bridgehead atoms. The molecule has 1 unspecified atom stereocenters. The number of rotatable bonds is 2. The smallest absolute Gasteiger partial charge is 0.236 e. The van der Waals surface area contributed by atoms with E-state index in [-0.39, 0.29) is 0 Å². The van der Waals surface area contributed by atoms with Gasteiger partial charge in [-0.3, -0.25) is 9.69 Å². The maximum atomic E-state index is 12.0. The van der Waals surface area contributed by atoms with E-state index >= 15 is 0 Å². The van der Waals surface area contributed by atoms with E-state index in [1.165, 1.54) is 0 Å². The molecular weight excluding hydrogens is 222 g/mol. The molecule has 1 amide bonds. The van der Waals surface area contributed by atoms with Crippen LogP contribution in [0.15, 0.2) is 0 Å². The average molecular weight is 243 g/mol. The Bertz CT molecular complexity index is 243. The highest BCUT2D eigenvalue weighted by molar-refractivity contribution is 7.99. The molecule has 0 aromatic rings. The quantitative estimate of drug-likeness (QED) is 0.732. The third kappa shape index (κ3) is 3.37.